The molecule has 5 heteroatoms. The molecule has 0 radical (unpaired) electrons. The van der Waals surface area contributed by atoms with Gasteiger partial charge < -0.3 is 4.42 Å². The molecule has 0 aliphatic rings. The predicted octanol–water partition coefficient (Wildman–Crippen LogP) is 10.7. The molecule has 4 nitrogen and oxygen atoms in total. The first-order chi connectivity index (χ1) is 23.4. The summed E-state index contributed by atoms with van der Waals surface area (Å²) in [6.07, 6.45) is 0. The van der Waals surface area contributed by atoms with Crippen LogP contribution in [0.2, 0.25) is 0 Å². The van der Waals surface area contributed by atoms with E-state index in [1.54, 1.807) is 11.3 Å². The molecule has 0 saturated heterocycles. The third kappa shape index (κ3) is 3.09. The molecule has 0 bridgehead atoms. The highest BCUT2D eigenvalue weighted by molar-refractivity contribution is 7.27. The summed E-state index contributed by atoms with van der Waals surface area (Å²) in [5.74, 6) is 0.278. The molecule has 0 aliphatic heterocycles. The van der Waals surface area contributed by atoms with Crippen LogP contribution in [0.5, 0.6) is 0 Å². The van der Waals surface area contributed by atoms with Gasteiger partial charge in [-0.1, -0.05) is 109 Å². The molecule has 0 saturated carbocycles. The zero-order valence-corrected chi connectivity index (χ0v) is 23.2. The Balaban J connectivity index is 1.44. The van der Waals surface area contributed by atoms with Gasteiger partial charge in [-0.15, -0.1) is 11.3 Å². The Hall–Kier alpha value is -5.52. The van der Waals surface area contributed by atoms with Crippen molar-refractivity contribution in [3.05, 3.63) is 127 Å². The van der Waals surface area contributed by atoms with Crippen LogP contribution in [-0.4, -0.2) is 14.5 Å². The second kappa shape index (κ2) is 8.51. The Morgan fingerprint density at radius 1 is 0.628 bits per heavy atom. The molecule has 0 unspecified atom stereocenters. The van der Waals surface area contributed by atoms with Crippen molar-refractivity contribution in [3.8, 4) is 17.2 Å². The topological polar surface area (TPSA) is 43.9 Å². The van der Waals surface area contributed by atoms with E-state index in [0.717, 1.165) is 37.3 Å². The Bertz CT molecular complexity index is 3000. The average Bonchev–Trinajstić information content (AvgIpc) is 3.80. The van der Waals surface area contributed by atoms with E-state index < -0.39 is 18.1 Å². The summed E-state index contributed by atoms with van der Waals surface area (Å²) in [5.41, 5.74) is 2.85. The number of rotatable bonds is 2. The Morgan fingerprint density at radius 2 is 1.33 bits per heavy atom. The van der Waals surface area contributed by atoms with Crippen molar-refractivity contribution in [2.45, 2.75) is 0 Å². The smallest absolute Gasteiger partial charge is 0.238 e. The minimum Gasteiger partial charge on any atom is -0.437 e. The number of para-hydroxylation sites is 2. The van der Waals surface area contributed by atoms with Crippen LogP contribution in [0.3, 0.4) is 0 Å². The third-order valence-electron chi connectivity index (χ3n) is 8.31. The maximum absolute atomic E-state index is 8.90. The highest BCUT2D eigenvalue weighted by Gasteiger charge is 2.24. The lowest BCUT2D eigenvalue weighted by molar-refractivity contribution is 0.651. The minimum atomic E-state index is -0.461. The standard InChI is InChI=1S/C38H21N3OS/c1-2-12-22(13-3-1)34-32-26-17-7-10-20-29(26)42-37(32)40-38(39-34)41-28-19-9-6-16-25(28)33-35(41)24-15-5-4-14-23(24)31-27-18-8-11-21-30(27)43-36(31)33/h1-21H/i1D,2D,3D,12D,13D. The minimum absolute atomic E-state index is 0.00118. The first-order valence-electron chi connectivity index (χ1n) is 16.4. The quantitative estimate of drug-likeness (QED) is 0.207. The number of hydrogen-bond acceptors (Lipinski definition) is 4. The summed E-state index contributed by atoms with van der Waals surface area (Å²) < 4.78 is 53.7. The van der Waals surface area contributed by atoms with E-state index in [4.69, 9.17) is 21.2 Å². The van der Waals surface area contributed by atoms with Crippen LogP contribution in [0.25, 0.3) is 92.0 Å². The van der Waals surface area contributed by atoms with Gasteiger partial charge in [-0.05, 0) is 23.6 Å². The van der Waals surface area contributed by atoms with Crippen LogP contribution in [0.15, 0.2) is 132 Å². The van der Waals surface area contributed by atoms with E-state index >= 15 is 0 Å². The van der Waals surface area contributed by atoms with E-state index in [2.05, 4.69) is 48.5 Å². The van der Waals surface area contributed by atoms with Crippen LogP contribution in [0, 0.1) is 0 Å². The van der Waals surface area contributed by atoms with Gasteiger partial charge in [0.2, 0.25) is 11.7 Å². The summed E-state index contributed by atoms with van der Waals surface area (Å²) in [6.45, 7) is 0. The van der Waals surface area contributed by atoms with Crippen molar-refractivity contribution in [2.75, 3.05) is 0 Å². The van der Waals surface area contributed by atoms with E-state index in [1.165, 1.54) is 15.5 Å². The molecule has 10 rings (SSSR count). The van der Waals surface area contributed by atoms with Crippen molar-refractivity contribution in [1.82, 2.24) is 14.5 Å². The van der Waals surface area contributed by atoms with E-state index in [0.29, 0.717) is 16.4 Å². The number of thiophene rings is 1. The van der Waals surface area contributed by atoms with Gasteiger partial charge in [0.1, 0.15) is 5.58 Å². The van der Waals surface area contributed by atoms with Crippen LogP contribution in [0.4, 0.5) is 0 Å². The maximum Gasteiger partial charge on any atom is 0.238 e. The van der Waals surface area contributed by atoms with Crippen molar-refractivity contribution >= 4 is 86.2 Å². The molecule has 0 amide bonds. The highest BCUT2D eigenvalue weighted by atomic mass is 32.1. The van der Waals surface area contributed by atoms with Gasteiger partial charge >= 0.3 is 0 Å². The van der Waals surface area contributed by atoms with Gasteiger partial charge in [0.25, 0.3) is 0 Å². The van der Waals surface area contributed by atoms with Crippen LogP contribution in [-0.2, 0) is 0 Å². The second-order valence-electron chi connectivity index (χ2n) is 10.6. The number of hydrogen-bond donors (Lipinski definition) is 0. The van der Waals surface area contributed by atoms with Gasteiger partial charge in [0.15, 0.2) is 0 Å². The monoisotopic (exact) mass is 572 g/mol. The molecule has 43 heavy (non-hydrogen) atoms. The maximum atomic E-state index is 8.90. The Morgan fingerprint density at radius 3 is 2.19 bits per heavy atom. The van der Waals surface area contributed by atoms with Gasteiger partial charge in [0.05, 0.1) is 29.0 Å². The van der Waals surface area contributed by atoms with Crippen molar-refractivity contribution in [2.24, 2.45) is 0 Å². The second-order valence-corrected chi connectivity index (χ2v) is 11.6. The Labute approximate surface area is 256 Å². The normalized spacial score (nSPS) is 13.8. The summed E-state index contributed by atoms with van der Waals surface area (Å²) >= 11 is 1.76. The van der Waals surface area contributed by atoms with E-state index in [9.17, 15) is 0 Å². The molecule has 0 spiro atoms. The number of benzene rings is 6. The van der Waals surface area contributed by atoms with E-state index in [-0.39, 0.29) is 35.0 Å². The SMILES string of the molecule is [2H]c1c([2H])c([2H])c(-c2nc(-n3c4ccccc4c4c5sc6ccccc6c5c5ccccc5c43)nc3oc4ccccc4c23)c([2H])c1[2H]. The number of nitrogens with zero attached hydrogens (tertiary/aromatic N) is 3. The van der Waals surface area contributed by atoms with Crippen molar-refractivity contribution < 1.29 is 11.3 Å². The van der Waals surface area contributed by atoms with Gasteiger partial charge in [0, 0.05) is 47.3 Å². The molecule has 10 aromatic rings. The predicted molar refractivity (Wildman–Crippen MR) is 179 cm³/mol. The summed E-state index contributed by atoms with van der Waals surface area (Å²) in [4.78, 5) is 10.2. The number of aromatic nitrogens is 3. The average molecular weight is 573 g/mol. The molecule has 200 valence electrons. The van der Waals surface area contributed by atoms with Crippen LogP contribution >= 0.6 is 11.3 Å². The van der Waals surface area contributed by atoms with Gasteiger partial charge in [-0.3, -0.25) is 4.57 Å². The first-order valence-corrected chi connectivity index (χ1v) is 14.8. The van der Waals surface area contributed by atoms with Crippen molar-refractivity contribution in [1.29, 1.82) is 0 Å². The summed E-state index contributed by atoms with van der Waals surface area (Å²) in [5, 5.41) is 7.84. The fraction of sp³-hybridized carbons (Fsp3) is 0. The highest BCUT2D eigenvalue weighted by Crippen LogP contribution is 2.48. The van der Waals surface area contributed by atoms with Crippen LogP contribution < -0.4 is 0 Å². The first kappa shape index (κ1) is 18.8. The lowest BCUT2D eigenvalue weighted by Crippen LogP contribution is -2.03. The molecule has 0 fully saturated rings. The fourth-order valence-corrected chi connectivity index (χ4v) is 7.87. The summed E-state index contributed by atoms with van der Waals surface area (Å²) in [7, 11) is 0. The molecular formula is C38H21N3OS. The summed E-state index contributed by atoms with van der Waals surface area (Å²) in [6, 6.07) is 30.4. The molecule has 0 aliphatic carbocycles. The van der Waals surface area contributed by atoms with Gasteiger partial charge in [-0.25, -0.2) is 4.98 Å². The fourth-order valence-electron chi connectivity index (χ4n) is 6.59. The third-order valence-corrected chi connectivity index (χ3v) is 9.50. The zero-order valence-electron chi connectivity index (χ0n) is 27.4. The van der Waals surface area contributed by atoms with Crippen LogP contribution in [0.1, 0.15) is 6.85 Å². The molecule has 0 N–H and O–H groups in total. The molecule has 6 aromatic carbocycles. The molecule has 4 aromatic heterocycles. The number of fused-ring (bicyclic) bond motifs is 13. The Kier molecular flexibility index (Phi) is 3.72. The van der Waals surface area contributed by atoms with E-state index in [1.807, 2.05) is 53.1 Å². The zero-order chi connectivity index (χ0) is 32.4. The van der Waals surface area contributed by atoms with Crippen molar-refractivity contribution in [3.63, 3.8) is 0 Å². The van der Waals surface area contributed by atoms with Gasteiger partial charge in [-0.2, -0.15) is 4.98 Å². The lowest BCUT2D eigenvalue weighted by atomic mass is 10.00. The lowest BCUT2D eigenvalue weighted by Gasteiger charge is -2.11. The molecule has 4 heterocycles. The molecule has 0 atom stereocenters. The number of furan rings is 1. The molecular weight excluding hydrogens is 547 g/mol. The largest absolute Gasteiger partial charge is 0.437 e.